The van der Waals surface area contributed by atoms with Crippen LogP contribution in [0.4, 0.5) is 9.59 Å². The lowest BCUT2D eigenvalue weighted by atomic mass is 10.2. The third kappa shape index (κ3) is 5.48. The molecule has 134 valence electrons. The van der Waals surface area contributed by atoms with Crippen LogP contribution in [0.1, 0.15) is 31.7 Å². The standard InChI is InChI=1S/C16H18N2O7/c1-2-9-17-15(21)24-12-5-3-11(4-6-12)10-23-16(22)25-18-13(19)7-8-14(18)20/h3-6H,2,7-10H2,1H3,(H,17,21). The van der Waals surface area contributed by atoms with Gasteiger partial charge in [-0.05, 0) is 24.1 Å². The fraction of sp³-hybridized carbons (Fsp3) is 0.375. The first-order chi connectivity index (χ1) is 12.0. The number of hydrogen-bond acceptors (Lipinski definition) is 7. The molecule has 25 heavy (non-hydrogen) atoms. The summed E-state index contributed by atoms with van der Waals surface area (Å²) in [6.07, 6.45) is -0.869. The number of carbonyl (C=O) groups is 4. The van der Waals surface area contributed by atoms with Gasteiger partial charge in [0.25, 0.3) is 11.8 Å². The van der Waals surface area contributed by atoms with Crippen molar-refractivity contribution < 1.29 is 33.5 Å². The quantitative estimate of drug-likeness (QED) is 0.616. The Balaban J connectivity index is 1.77. The minimum Gasteiger partial charge on any atom is -0.428 e. The fourth-order valence-electron chi connectivity index (χ4n) is 1.92. The van der Waals surface area contributed by atoms with Crippen molar-refractivity contribution in [2.24, 2.45) is 0 Å². The largest absolute Gasteiger partial charge is 0.534 e. The third-order valence-electron chi connectivity index (χ3n) is 3.18. The molecule has 1 saturated heterocycles. The highest BCUT2D eigenvalue weighted by Crippen LogP contribution is 2.15. The SMILES string of the molecule is CCCNC(=O)Oc1ccc(COC(=O)ON2C(=O)CCC2=O)cc1. The number of hydroxylamine groups is 2. The Morgan fingerprint density at radius 1 is 1.12 bits per heavy atom. The second-order valence-electron chi connectivity index (χ2n) is 5.17. The van der Waals surface area contributed by atoms with Crippen LogP contribution in [0, 0.1) is 0 Å². The van der Waals surface area contributed by atoms with E-state index >= 15 is 0 Å². The molecule has 0 aromatic heterocycles. The molecular formula is C16H18N2O7. The number of hydrogen-bond donors (Lipinski definition) is 1. The summed E-state index contributed by atoms with van der Waals surface area (Å²) in [6, 6.07) is 6.29. The van der Waals surface area contributed by atoms with Crippen molar-refractivity contribution in [3.8, 4) is 5.75 Å². The minimum absolute atomic E-state index is 0.0133. The topological polar surface area (TPSA) is 111 Å². The molecule has 0 bridgehead atoms. The van der Waals surface area contributed by atoms with Gasteiger partial charge in [-0.3, -0.25) is 14.4 Å². The highest BCUT2D eigenvalue weighted by molar-refractivity contribution is 6.01. The van der Waals surface area contributed by atoms with Crippen LogP contribution in [0.15, 0.2) is 24.3 Å². The maximum absolute atomic E-state index is 11.5. The lowest BCUT2D eigenvalue weighted by Gasteiger charge is -2.12. The molecule has 1 aromatic carbocycles. The van der Waals surface area contributed by atoms with Crippen LogP contribution in [0.25, 0.3) is 0 Å². The first kappa shape index (κ1) is 18.2. The van der Waals surface area contributed by atoms with Crippen molar-refractivity contribution in [3.63, 3.8) is 0 Å². The molecule has 0 saturated carbocycles. The molecule has 1 fully saturated rings. The average molecular weight is 350 g/mol. The van der Waals surface area contributed by atoms with Crippen molar-refractivity contribution in [2.45, 2.75) is 32.8 Å². The van der Waals surface area contributed by atoms with Crippen LogP contribution < -0.4 is 10.1 Å². The lowest BCUT2D eigenvalue weighted by molar-refractivity contribution is -0.177. The molecule has 1 heterocycles. The molecule has 2 rings (SSSR count). The maximum atomic E-state index is 11.5. The molecular weight excluding hydrogens is 332 g/mol. The van der Waals surface area contributed by atoms with E-state index < -0.39 is 24.1 Å². The first-order valence-corrected chi connectivity index (χ1v) is 7.74. The third-order valence-corrected chi connectivity index (χ3v) is 3.18. The van der Waals surface area contributed by atoms with Crippen LogP contribution in [-0.4, -0.2) is 35.7 Å². The summed E-state index contributed by atoms with van der Waals surface area (Å²) in [5.41, 5.74) is 0.609. The van der Waals surface area contributed by atoms with E-state index in [-0.39, 0.29) is 19.4 Å². The predicted octanol–water partition coefficient (Wildman–Crippen LogP) is 1.90. The number of amides is 3. The Morgan fingerprint density at radius 2 is 1.76 bits per heavy atom. The second-order valence-corrected chi connectivity index (χ2v) is 5.17. The number of imide groups is 1. The van der Waals surface area contributed by atoms with Crippen molar-refractivity contribution >= 4 is 24.1 Å². The number of nitrogens with one attached hydrogen (secondary N) is 1. The van der Waals surface area contributed by atoms with Crippen LogP contribution in [-0.2, 0) is 25.8 Å². The van der Waals surface area contributed by atoms with Crippen molar-refractivity contribution in [3.05, 3.63) is 29.8 Å². The summed E-state index contributed by atoms with van der Waals surface area (Å²) in [7, 11) is 0. The van der Waals surface area contributed by atoms with E-state index in [0.29, 0.717) is 22.9 Å². The Bertz CT molecular complexity index is 641. The molecule has 0 aliphatic carbocycles. The highest BCUT2D eigenvalue weighted by atomic mass is 16.8. The van der Waals surface area contributed by atoms with Gasteiger partial charge in [-0.15, -0.1) is 0 Å². The predicted molar refractivity (Wildman–Crippen MR) is 83.1 cm³/mol. The number of ether oxygens (including phenoxy) is 2. The maximum Gasteiger partial charge on any atom is 0.534 e. The summed E-state index contributed by atoms with van der Waals surface area (Å²) >= 11 is 0. The van der Waals surface area contributed by atoms with Crippen LogP contribution >= 0.6 is 0 Å². The van der Waals surface area contributed by atoms with Gasteiger partial charge in [-0.2, -0.15) is 0 Å². The van der Waals surface area contributed by atoms with E-state index in [2.05, 4.69) is 10.2 Å². The zero-order valence-corrected chi connectivity index (χ0v) is 13.6. The van der Waals surface area contributed by atoms with Crippen LogP contribution in [0.5, 0.6) is 5.75 Å². The van der Waals surface area contributed by atoms with Crippen LogP contribution in [0.3, 0.4) is 0 Å². The number of nitrogens with zero attached hydrogens (tertiary/aromatic N) is 1. The molecule has 9 nitrogen and oxygen atoms in total. The molecule has 0 unspecified atom stereocenters. The fourth-order valence-corrected chi connectivity index (χ4v) is 1.92. The molecule has 0 radical (unpaired) electrons. The average Bonchev–Trinajstić information content (AvgIpc) is 2.91. The number of carbonyl (C=O) groups excluding carboxylic acids is 4. The Hall–Kier alpha value is -3.10. The van der Waals surface area contributed by atoms with Gasteiger partial charge in [0.1, 0.15) is 12.4 Å². The van der Waals surface area contributed by atoms with Gasteiger partial charge in [0, 0.05) is 19.4 Å². The monoisotopic (exact) mass is 350 g/mol. The molecule has 0 atom stereocenters. The van der Waals surface area contributed by atoms with E-state index in [4.69, 9.17) is 9.47 Å². The van der Waals surface area contributed by atoms with Crippen molar-refractivity contribution in [2.75, 3.05) is 6.54 Å². The van der Waals surface area contributed by atoms with E-state index in [1.54, 1.807) is 24.3 Å². The highest BCUT2D eigenvalue weighted by Gasteiger charge is 2.33. The van der Waals surface area contributed by atoms with Crippen molar-refractivity contribution in [1.82, 2.24) is 10.4 Å². The van der Waals surface area contributed by atoms with Gasteiger partial charge in [-0.1, -0.05) is 24.1 Å². The van der Waals surface area contributed by atoms with Gasteiger partial charge in [-0.25, -0.2) is 9.59 Å². The molecule has 1 aliphatic heterocycles. The molecule has 1 aliphatic rings. The summed E-state index contributed by atoms with van der Waals surface area (Å²) < 4.78 is 9.88. The van der Waals surface area contributed by atoms with Gasteiger partial charge in [0.05, 0.1) is 0 Å². The molecule has 0 spiro atoms. The molecule has 1 aromatic rings. The summed E-state index contributed by atoms with van der Waals surface area (Å²) in [4.78, 5) is 50.1. The summed E-state index contributed by atoms with van der Waals surface area (Å²) in [5, 5.41) is 2.98. The van der Waals surface area contributed by atoms with E-state index in [1.807, 2.05) is 6.92 Å². The summed E-state index contributed by atoms with van der Waals surface area (Å²) in [5.74, 6) is -0.817. The normalized spacial score (nSPS) is 13.6. The zero-order valence-electron chi connectivity index (χ0n) is 13.6. The second kappa shape index (κ2) is 8.67. The van der Waals surface area contributed by atoms with Crippen molar-refractivity contribution in [1.29, 1.82) is 0 Å². The lowest BCUT2D eigenvalue weighted by Crippen LogP contribution is -2.32. The smallest absolute Gasteiger partial charge is 0.428 e. The van der Waals surface area contributed by atoms with E-state index in [0.717, 1.165) is 6.42 Å². The molecule has 3 amide bonds. The van der Waals surface area contributed by atoms with Gasteiger partial charge in [0.2, 0.25) is 0 Å². The molecule has 1 N–H and O–H groups in total. The van der Waals surface area contributed by atoms with E-state index in [1.165, 1.54) is 0 Å². The summed E-state index contributed by atoms with van der Waals surface area (Å²) in [6.45, 7) is 2.32. The number of benzene rings is 1. The Labute approximate surface area is 143 Å². The Kier molecular flexibility index (Phi) is 6.33. The van der Waals surface area contributed by atoms with Gasteiger partial charge in [0.15, 0.2) is 0 Å². The van der Waals surface area contributed by atoms with Gasteiger partial charge < -0.3 is 14.8 Å². The first-order valence-electron chi connectivity index (χ1n) is 7.74. The van der Waals surface area contributed by atoms with Crippen LogP contribution in [0.2, 0.25) is 0 Å². The number of rotatable bonds is 6. The molecule has 9 heteroatoms. The van der Waals surface area contributed by atoms with E-state index in [9.17, 15) is 19.2 Å². The Morgan fingerprint density at radius 3 is 2.36 bits per heavy atom. The minimum atomic E-state index is -1.15. The zero-order chi connectivity index (χ0) is 18.2. The van der Waals surface area contributed by atoms with Gasteiger partial charge >= 0.3 is 12.2 Å².